The highest BCUT2D eigenvalue weighted by Crippen LogP contribution is 2.37. The molecule has 0 radical (unpaired) electrons. The van der Waals surface area contributed by atoms with Crippen LogP contribution in [0, 0.1) is 12.7 Å². The van der Waals surface area contributed by atoms with Crippen LogP contribution in [0.2, 0.25) is 0 Å². The van der Waals surface area contributed by atoms with E-state index in [1.807, 2.05) is 0 Å². The Balaban J connectivity index is 2.08. The van der Waals surface area contributed by atoms with Crippen molar-refractivity contribution in [1.82, 2.24) is 15.0 Å². The fourth-order valence-corrected chi connectivity index (χ4v) is 3.02. The Hall–Kier alpha value is -3.16. The summed E-state index contributed by atoms with van der Waals surface area (Å²) in [7, 11) is 3.11. The zero-order valence-electron chi connectivity index (χ0n) is 14.9. The number of benzene rings is 1. The van der Waals surface area contributed by atoms with E-state index in [1.54, 1.807) is 45.2 Å². The molecule has 2 aromatic rings. The first-order valence-electron chi connectivity index (χ1n) is 8.01. The van der Waals surface area contributed by atoms with Crippen LogP contribution in [0.25, 0.3) is 0 Å². The lowest BCUT2D eigenvalue weighted by molar-refractivity contribution is -0.113. The third-order valence-corrected chi connectivity index (χ3v) is 4.46. The van der Waals surface area contributed by atoms with E-state index in [1.165, 1.54) is 22.9 Å². The number of hydrogen-bond donors (Lipinski definition) is 1. The summed E-state index contributed by atoms with van der Waals surface area (Å²) in [6, 6.07) is 6.49. The van der Waals surface area contributed by atoms with Gasteiger partial charge in [-0.2, -0.15) is 0 Å². The topological polar surface area (TPSA) is 78.7 Å². The zero-order chi connectivity index (χ0) is 19.0. The smallest absolute Gasteiger partial charge is 0.324 e. The van der Waals surface area contributed by atoms with E-state index in [0.29, 0.717) is 11.5 Å². The lowest BCUT2D eigenvalue weighted by atomic mass is 9.92. The van der Waals surface area contributed by atoms with E-state index < -0.39 is 17.8 Å². The molecule has 0 fully saturated rings. The van der Waals surface area contributed by atoms with Crippen LogP contribution >= 0.6 is 0 Å². The van der Waals surface area contributed by atoms with Crippen LogP contribution in [-0.2, 0) is 4.79 Å². The number of likely N-dealkylation sites (N-methyl/N-ethyl adjacent to an activating group) is 1. The molecule has 1 N–H and O–H groups in total. The molecule has 1 atom stereocenters. The lowest BCUT2D eigenvalue weighted by Gasteiger charge is -2.39. The van der Waals surface area contributed by atoms with Crippen molar-refractivity contribution in [2.75, 3.05) is 19.4 Å². The molecule has 0 bridgehead atoms. The Morgan fingerprint density at radius 1 is 1.27 bits per heavy atom. The molecule has 136 valence electrons. The zero-order valence-corrected chi connectivity index (χ0v) is 14.9. The van der Waals surface area contributed by atoms with Gasteiger partial charge in [-0.05, 0) is 19.9 Å². The maximum absolute atomic E-state index is 14.4. The summed E-state index contributed by atoms with van der Waals surface area (Å²) < 4.78 is 19.4. The van der Waals surface area contributed by atoms with Gasteiger partial charge in [0.15, 0.2) is 5.82 Å². The minimum atomic E-state index is -0.854. The second-order valence-corrected chi connectivity index (χ2v) is 6.15. The summed E-state index contributed by atoms with van der Waals surface area (Å²) in [4.78, 5) is 28.1. The van der Waals surface area contributed by atoms with Gasteiger partial charge in [-0.25, -0.2) is 9.18 Å². The summed E-state index contributed by atoms with van der Waals surface area (Å²) in [6.07, 6.45) is 0. The van der Waals surface area contributed by atoms with Crippen LogP contribution in [0.1, 0.15) is 24.3 Å². The highest BCUT2D eigenvalue weighted by Gasteiger charge is 2.39. The van der Waals surface area contributed by atoms with Crippen molar-refractivity contribution >= 4 is 17.8 Å². The van der Waals surface area contributed by atoms with Crippen molar-refractivity contribution in [1.29, 1.82) is 0 Å². The second kappa shape index (κ2) is 6.62. The Labute approximate surface area is 150 Å². The molecule has 1 aromatic heterocycles. The lowest BCUT2D eigenvalue weighted by Crippen LogP contribution is -2.48. The van der Waals surface area contributed by atoms with Gasteiger partial charge in [-0.1, -0.05) is 23.4 Å². The number of nitrogens with one attached hydrogen (secondary N) is 1. The molecule has 1 unspecified atom stereocenters. The summed E-state index contributed by atoms with van der Waals surface area (Å²) in [5.41, 5.74) is 0.955. The van der Waals surface area contributed by atoms with Gasteiger partial charge in [0.05, 0.1) is 11.6 Å². The van der Waals surface area contributed by atoms with Crippen molar-refractivity contribution in [3.63, 3.8) is 0 Å². The van der Waals surface area contributed by atoms with Crippen LogP contribution in [0.3, 0.4) is 0 Å². The molecule has 0 spiro atoms. The monoisotopic (exact) mass is 358 g/mol. The van der Waals surface area contributed by atoms with Crippen molar-refractivity contribution in [2.45, 2.75) is 19.9 Å². The molecule has 0 saturated carbocycles. The van der Waals surface area contributed by atoms with E-state index in [0.717, 1.165) is 0 Å². The minimum absolute atomic E-state index is 0.247. The van der Waals surface area contributed by atoms with Crippen molar-refractivity contribution in [3.8, 4) is 0 Å². The number of rotatable bonds is 3. The predicted molar refractivity (Wildman–Crippen MR) is 92.6 cm³/mol. The Kier molecular flexibility index (Phi) is 4.50. The van der Waals surface area contributed by atoms with E-state index in [9.17, 15) is 14.0 Å². The van der Waals surface area contributed by atoms with Gasteiger partial charge in [0, 0.05) is 31.4 Å². The molecule has 0 aliphatic carbocycles. The summed E-state index contributed by atoms with van der Waals surface area (Å²) in [5.74, 6) is -0.167. The third-order valence-electron chi connectivity index (χ3n) is 4.46. The molecule has 1 aromatic carbocycles. The number of amides is 3. The number of aromatic nitrogens is 1. The van der Waals surface area contributed by atoms with Gasteiger partial charge in [0.1, 0.15) is 11.6 Å². The number of carbonyl (C=O) groups excluding carboxylic acids is 2. The largest absolute Gasteiger partial charge is 0.360 e. The molecule has 2 heterocycles. The number of halogens is 1. The van der Waals surface area contributed by atoms with Crippen molar-refractivity contribution in [2.24, 2.45) is 0 Å². The van der Waals surface area contributed by atoms with Crippen molar-refractivity contribution < 1.29 is 18.5 Å². The van der Waals surface area contributed by atoms with Gasteiger partial charge in [0.25, 0.3) is 5.91 Å². The number of nitrogens with zero attached hydrogens (tertiary/aromatic N) is 3. The van der Waals surface area contributed by atoms with E-state index in [4.69, 9.17) is 4.52 Å². The number of allylic oxidation sites excluding steroid dienone is 1. The van der Waals surface area contributed by atoms with Crippen LogP contribution in [0.15, 0.2) is 46.1 Å². The van der Waals surface area contributed by atoms with Crippen molar-refractivity contribution in [3.05, 3.63) is 58.7 Å². The Bertz CT molecular complexity index is 905. The average molecular weight is 358 g/mol. The Morgan fingerprint density at radius 3 is 2.58 bits per heavy atom. The van der Waals surface area contributed by atoms with E-state index in [2.05, 4.69) is 10.5 Å². The summed E-state index contributed by atoms with van der Waals surface area (Å²) >= 11 is 0. The van der Waals surface area contributed by atoms with Crippen LogP contribution in [0.4, 0.5) is 15.0 Å². The minimum Gasteiger partial charge on any atom is -0.360 e. The molecule has 26 heavy (non-hydrogen) atoms. The first-order chi connectivity index (χ1) is 12.3. The number of aryl methyl sites for hydroxylation is 1. The third kappa shape index (κ3) is 2.94. The molecular weight excluding hydrogens is 339 g/mol. The number of anilines is 1. The van der Waals surface area contributed by atoms with E-state index in [-0.39, 0.29) is 23.0 Å². The molecule has 3 amide bonds. The molecular formula is C18H19FN4O3. The SMILES string of the molecule is CC1=C(C(=O)Nc2cc(C)on2)C(c2ccccc2F)N(C)C(=O)N1C. The number of carbonyl (C=O) groups is 2. The number of hydrogen-bond acceptors (Lipinski definition) is 4. The first-order valence-corrected chi connectivity index (χ1v) is 8.01. The highest BCUT2D eigenvalue weighted by atomic mass is 19.1. The van der Waals surface area contributed by atoms with Gasteiger partial charge in [0.2, 0.25) is 0 Å². The molecule has 8 heteroatoms. The fraction of sp³-hybridized carbons (Fsp3) is 0.278. The molecule has 0 saturated heterocycles. The standard InChI is InChI=1S/C18H19FN4O3/c1-10-9-14(21-26-10)20-17(24)15-11(2)22(3)18(25)23(4)16(15)12-7-5-6-8-13(12)19/h5-9,16H,1-4H3,(H,20,21,24). The maximum atomic E-state index is 14.4. The molecule has 7 nitrogen and oxygen atoms in total. The average Bonchev–Trinajstić information content (AvgIpc) is 3.01. The summed E-state index contributed by atoms with van der Waals surface area (Å²) in [6.45, 7) is 3.36. The molecule has 3 rings (SSSR count). The first kappa shape index (κ1) is 17.7. The van der Waals surface area contributed by atoms with Gasteiger partial charge < -0.3 is 19.6 Å². The predicted octanol–water partition coefficient (Wildman–Crippen LogP) is 3.07. The van der Waals surface area contributed by atoms with Crippen LogP contribution < -0.4 is 5.32 Å². The van der Waals surface area contributed by atoms with Gasteiger partial charge in [-0.3, -0.25) is 4.79 Å². The fourth-order valence-electron chi connectivity index (χ4n) is 3.02. The van der Waals surface area contributed by atoms with Gasteiger partial charge in [-0.15, -0.1) is 0 Å². The van der Waals surface area contributed by atoms with Crippen LogP contribution in [0.5, 0.6) is 0 Å². The quantitative estimate of drug-likeness (QED) is 0.915. The van der Waals surface area contributed by atoms with Crippen LogP contribution in [-0.4, -0.2) is 41.0 Å². The van der Waals surface area contributed by atoms with Gasteiger partial charge >= 0.3 is 6.03 Å². The normalized spacial score (nSPS) is 17.7. The molecule has 1 aliphatic rings. The second-order valence-electron chi connectivity index (χ2n) is 6.15. The molecule has 1 aliphatic heterocycles. The summed E-state index contributed by atoms with van der Waals surface area (Å²) in [5, 5.41) is 6.40. The number of urea groups is 1. The van der Waals surface area contributed by atoms with E-state index >= 15 is 0 Å². The highest BCUT2D eigenvalue weighted by molar-refractivity contribution is 6.06. The Morgan fingerprint density at radius 2 is 1.96 bits per heavy atom. The maximum Gasteiger partial charge on any atom is 0.324 e.